The first-order chi connectivity index (χ1) is 11.8. The van der Waals surface area contributed by atoms with E-state index in [4.69, 9.17) is 0 Å². The third-order valence-electron chi connectivity index (χ3n) is 5.15. The fraction of sp³-hybridized carbons (Fsp3) is 0.412. The van der Waals surface area contributed by atoms with Gasteiger partial charge < -0.3 is 9.80 Å². The number of nitrogens with zero attached hydrogens (tertiary/aromatic N) is 7. The van der Waals surface area contributed by atoms with E-state index in [1.165, 1.54) is 17.7 Å². The van der Waals surface area contributed by atoms with Crippen molar-refractivity contribution in [3.8, 4) is 0 Å². The van der Waals surface area contributed by atoms with Crippen LogP contribution in [0.25, 0.3) is 5.65 Å². The molecule has 0 atom stereocenters. The number of aryl methyl sites for hydroxylation is 2. The van der Waals surface area contributed by atoms with Crippen LogP contribution in [-0.4, -0.2) is 51.0 Å². The zero-order chi connectivity index (χ0) is 16.1. The molecule has 0 saturated carbocycles. The second-order valence-corrected chi connectivity index (χ2v) is 6.63. The quantitative estimate of drug-likeness (QED) is 0.725. The van der Waals surface area contributed by atoms with E-state index < -0.39 is 0 Å². The summed E-state index contributed by atoms with van der Waals surface area (Å²) in [4.78, 5) is 4.49. The van der Waals surface area contributed by atoms with Crippen LogP contribution in [0.2, 0.25) is 0 Å². The maximum absolute atomic E-state index is 4.40. The summed E-state index contributed by atoms with van der Waals surface area (Å²) in [6.07, 6.45) is 5.43. The van der Waals surface area contributed by atoms with Crippen molar-refractivity contribution < 1.29 is 0 Å². The zero-order valence-electron chi connectivity index (χ0n) is 13.6. The maximum atomic E-state index is 4.40. The van der Waals surface area contributed by atoms with Crippen LogP contribution in [0.4, 0.5) is 11.8 Å². The minimum Gasteiger partial charge on any atom is -0.351 e. The first-order valence-electron chi connectivity index (χ1n) is 8.42. The summed E-state index contributed by atoms with van der Waals surface area (Å²) in [6.45, 7) is 1.87. The fourth-order valence-corrected chi connectivity index (χ4v) is 3.59. The molecule has 0 amide bonds. The first-order valence-corrected chi connectivity index (χ1v) is 8.42. The second kappa shape index (κ2) is 5.15. The number of fused-ring (bicyclic) bond motifs is 2. The van der Waals surface area contributed by atoms with Gasteiger partial charge in [-0.1, -0.05) is 6.07 Å². The van der Waals surface area contributed by atoms with Crippen LogP contribution in [0.1, 0.15) is 17.7 Å². The molecule has 0 N–H and O–H groups in total. The Morgan fingerprint density at radius 3 is 2.92 bits per heavy atom. The normalized spacial score (nSPS) is 17.1. The number of pyridine rings is 1. The molecule has 1 aliphatic carbocycles. The van der Waals surface area contributed by atoms with Gasteiger partial charge in [0, 0.05) is 26.3 Å². The van der Waals surface area contributed by atoms with E-state index in [0.717, 1.165) is 43.3 Å². The Labute approximate surface area is 139 Å². The fourth-order valence-electron chi connectivity index (χ4n) is 3.59. The smallest absolute Gasteiger partial charge is 0.231 e. The van der Waals surface area contributed by atoms with Crippen molar-refractivity contribution in [1.82, 2.24) is 24.8 Å². The van der Waals surface area contributed by atoms with E-state index in [1.54, 1.807) is 0 Å². The Hall–Kier alpha value is -2.70. The molecule has 7 heteroatoms. The van der Waals surface area contributed by atoms with E-state index >= 15 is 0 Å². The van der Waals surface area contributed by atoms with Crippen LogP contribution in [0.5, 0.6) is 0 Å². The lowest BCUT2D eigenvalue weighted by atomic mass is 10.1. The van der Waals surface area contributed by atoms with Crippen molar-refractivity contribution in [1.29, 1.82) is 0 Å². The van der Waals surface area contributed by atoms with E-state index in [1.807, 2.05) is 28.8 Å². The van der Waals surface area contributed by atoms with Crippen LogP contribution in [-0.2, 0) is 12.8 Å². The Morgan fingerprint density at radius 1 is 1.08 bits per heavy atom. The summed E-state index contributed by atoms with van der Waals surface area (Å²) in [6, 6.07) is 8.58. The molecule has 0 unspecified atom stereocenters. The number of anilines is 2. The second-order valence-electron chi connectivity index (χ2n) is 6.63. The van der Waals surface area contributed by atoms with Gasteiger partial charge in [-0.3, -0.25) is 4.40 Å². The molecule has 0 radical (unpaired) electrons. The molecule has 5 rings (SSSR count). The van der Waals surface area contributed by atoms with Crippen LogP contribution in [0.15, 0.2) is 30.5 Å². The number of hydrogen-bond donors (Lipinski definition) is 0. The molecule has 0 bridgehead atoms. The molecule has 0 spiro atoms. The van der Waals surface area contributed by atoms with Gasteiger partial charge in [0.25, 0.3) is 0 Å². The van der Waals surface area contributed by atoms with Crippen molar-refractivity contribution in [2.75, 3.05) is 29.9 Å². The molecule has 0 aromatic carbocycles. The predicted molar refractivity (Wildman–Crippen MR) is 91.4 cm³/mol. The summed E-state index contributed by atoms with van der Waals surface area (Å²) in [5.74, 6) is 1.89. The molecule has 4 heterocycles. The van der Waals surface area contributed by atoms with Crippen LogP contribution in [0, 0.1) is 0 Å². The minimum atomic E-state index is 0.410. The summed E-state index contributed by atoms with van der Waals surface area (Å²) in [5.41, 5.74) is 3.43. The Bertz CT molecular complexity index is 897. The van der Waals surface area contributed by atoms with Crippen molar-refractivity contribution in [2.45, 2.75) is 25.3 Å². The SMILES string of the molecule is CN(c1nnc2ccccn12)C1CN(c2cc3c(nn2)CCC3)C1. The largest absolute Gasteiger partial charge is 0.351 e. The first kappa shape index (κ1) is 13.7. The minimum absolute atomic E-state index is 0.410. The Morgan fingerprint density at radius 2 is 2.00 bits per heavy atom. The van der Waals surface area contributed by atoms with Gasteiger partial charge in [0.15, 0.2) is 11.5 Å². The molecule has 2 aliphatic rings. The highest BCUT2D eigenvalue weighted by Gasteiger charge is 2.33. The lowest BCUT2D eigenvalue weighted by Gasteiger charge is -2.44. The van der Waals surface area contributed by atoms with E-state index in [2.05, 4.69) is 43.3 Å². The lowest BCUT2D eigenvalue weighted by molar-refractivity contribution is 0.483. The number of rotatable bonds is 3. The van der Waals surface area contributed by atoms with Crippen LogP contribution >= 0.6 is 0 Å². The van der Waals surface area contributed by atoms with E-state index in [9.17, 15) is 0 Å². The van der Waals surface area contributed by atoms with Gasteiger partial charge in [0.05, 0.1) is 11.7 Å². The van der Waals surface area contributed by atoms with Gasteiger partial charge in [-0.25, -0.2) is 0 Å². The molecule has 1 aliphatic heterocycles. The van der Waals surface area contributed by atoms with Crippen molar-refractivity contribution in [2.24, 2.45) is 0 Å². The number of likely N-dealkylation sites (N-methyl/N-ethyl adjacent to an activating group) is 1. The van der Waals surface area contributed by atoms with Gasteiger partial charge >= 0.3 is 0 Å². The molecule has 3 aromatic heterocycles. The molecular weight excluding hydrogens is 302 g/mol. The molecule has 24 heavy (non-hydrogen) atoms. The third-order valence-corrected chi connectivity index (χ3v) is 5.15. The van der Waals surface area contributed by atoms with Crippen molar-refractivity contribution in [3.05, 3.63) is 41.7 Å². The van der Waals surface area contributed by atoms with E-state index in [-0.39, 0.29) is 0 Å². The average Bonchev–Trinajstić information content (AvgIpc) is 3.19. The van der Waals surface area contributed by atoms with Gasteiger partial charge in [-0.05, 0) is 43.0 Å². The van der Waals surface area contributed by atoms with E-state index in [0.29, 0.717) is 6.04 Å². The molecule has 122 valence electrons. The lowest BCUT2D eigenvalue weighted by Crippen LogP contribution is -2.59. The summed E-state index contributed by atoms with van der Waals surface area (Å²) in [5, 5.41) is 17.4. The predicted octanol–water partition coefficient (Wildman–Crippen LogP) is 1.33. The summed E-state index contributed by atoms with van der Waals surface area (Å²) in [7, 11) is 2.08. The number of hydrogen-bond acceptors (Lipinski definition) is 6. The standard InChI is InChI=1S/C17H19N7/c1-22(17-21-19-15-7-2-3-8-24(15)17)13-10-23(11-13)16-9-12-5-4-6-14(12)18-20-16/h2-3,7-9,13H,4-6,10-11H2,1H3. The molecule has 3 aromatic rings. The molecule has 7 nitrogen and oxygen atoms in total. The Balaban J connectivity index is 1.32. The summed E-state index contributed by atoms with van der Waals surface area (Å²) >= 11 is 0. The third kappa shape index (κ3) is 2.04. The van der Waals surface area contributed by atoms with Crippen LogP contribution < -0.4 is 9.80 Å². The highest BCUT2D eigenvalue weighted by molar-refractivity contribution is 5.51. The van der Waals surface area contributed by atoms with Crippen molar-refractivity contribution >= 4 is 17.4 Å². The molecule has 1 saturated heterocycles. The monoisotopic (exact) mass is 321 g/mol. The van der Waals surface area contributed by atoms with Gasteiger partial charge in [0.1, 0.15) is 0 Å². The van der Waals surface area contributed by atoms with Gasteiger partial charge in [0.2, 0.25) is 5.95 Å². The van der Waals surface area contributed by atoms with Crippen LogP contribution in [0.3, 0.4) is 0 Å². The zero-order valence-corrected chi connectivity index (χ0v) is 13.6. The topological polar surface area (TPSA) is 62.5 Å². The van der Waals surface area contributed by atoms with Crippen molar-refractivity contribution in [3.63, 3.8) is 0 Å². The van der Waals surface area contributed by atoms with Gasteiger partial charge in [-0.15, -0.1) is 15.3 Å². The molecular formula is C17H19N7. The highest BCUT2D eigenvalue weighted by atomic mass is 15.4. The average molecular weight is 321 g/mol. The van der Waals surface area contributed by atoms with Gasteiger partial charge in [-0.2, -0.15) is 5.10 Å². The highest BCUT2D eigenvalue weighted by Crippen LogP contribution is 2.27. The molecule has 1 fully saturated rings. The maximum Gasteiger partial charge on any atom is 0.231 e. The number of aromatic nitrogens is 5. The Kier molecular flexibility index (Phi) is 2.95. The summed E-state index contributed by atoms with van der Waals surface area (Å²) < 4.78 is 2.03.